The van der Waals surface area contributed by atoms with E-state index in [2.05, 4.69) is 0 Å². The van der Waals surface area contributed by atoms with Crippen LogP contribution < -0.4 is 5.73 Å². The Labute approximate surface area is 243 Å². The molecule has 12 heteroatoms. The largest absolute Gasteiger partial charge is 0.507 e. The van der Waals surface area contributed by atoms with Gasteiger partial charge in [-0.05, 0) is 65.8 Å². The van der Waals surface area contributed by atoms with E-state index in [4.69, 9.17) is 5.73 Å². The van der Waals surface area contributed by atoms with Crippen LogP contribution in [-0.2, 0) is 31.5 Å². The highest BCUT2D eigenvalue weighted by atomic mass is 32.2. The van der Waals surface area contributed by atoms with Gasteiger partial charge in [0.15, 0.2) is 5.78 Å². The molecule has 0 fully saturated rings. The summed E-state index contributed by atoms with van der Waals surface area (Å²) in [4.78, 5) is 10.3. The zero-order valence-corrected chi connectivity index (χ0v) is 24.8. The van der Waals surface area contributed by atoms with Crippen LogP contribution in [0.5, 0.6) is 11.5 Å². The van der Waals surface area contributed by atoms with Crippen LogP contribution >= 0.6 is 0 Å². The maximum Gasteiger partial charge on any atom is 0.298 e. The molecule has 0 radical (unpaired) electrons. The third-order valence-electron chi connectivity index (χ3n) is 7.30. The van der Waals surface area contributed by atoms with E-state index in [1.165, 1.54) is 12.1 Å². The van der Waals surface area contributed by atoms with Crippen LogP contribution in [0.1, 0.15) is 36.5 Å². The number of phenolic OH excluding ortho intramolecular Hbond substituents is 2. The van der Waals surface area contributed by atoms with Crippen LogP contribution in [0.2, 0.25) is 0 Å². The van der Waals surface area contributed by atoms with Crippen LogP contribution in [0.4, 0.5) is 0 Å². The summed E-state index contributed by atoms with van der Waals surface area (Å²) in [5.41, 5.74) is 10.8. The minimum atomic E-state index is -5.13. The van der Waals surface area contributed by atoms with Crippen molar-refractivity contribution >= 4 is 36.8 Å². The first kappa shape index (κ1) is 31.1. The Bertz CT molecular complexity index is 1950. The molecular weight excluding hydrogens is 582 g/mol. The number of nitrogens with two attached hydrogens (primary N) is 1. The van der Waals surface area contributed by atoms with E-state index in [1.807, 2.05) is 38.1 Å². The molecule has 0 amide bonds. The van der Waals surface area contributed by atoms with Gasteiger partial charge in [0.2, 0.25) is 0 Å². The lowest BCUT2D eigenvalue weighted by Crippen LogP contribution is -2.31. The van der Waals surface area contributed by atoms with E-state index in [0.29, 0.717) is 23.6 Å². The van der Waals surface area contributed by atoms with Crippen LogP contribution in [0, 0.1) is 13.8 Å². The first-order valence-electron chi connectivity index (χ1n) is 13.0. The number of carbonyl (C=O) groups is 1. The number of Topliss-reactive ketones (excluding diaryl/α,β-unsaturated/α-hetero) is 1. The average molecular weight is 614 g/mol. The van der Waals surface area contributed by atoms with Crippen molar-refractivity contribution in [3.63, 3.8) is 0 Å². The molecule has 0 aromatic heterocycles. The molecule has 4 aromatic carbocycles. The van der Waals surface area contributed by atoms with Crippen molar-refractivity contribution in [1.82, 2.24) is 0 Å². The maximum absolute atomic E-state index is 12.4. The summed E-state index contributed by atoms with van der Waals surface area (Å²) in [6, 6.07) is 13.6. The Morgan fingerprint density at radius 2 is 1.36 bits per heavy atom. The highest BCUT2D eigenvalue weighted by molar-refractivity contribution is 7.86. The van der Waals surface area contributed by atoms with Crippen molar-refractivity contribution in [2.24, 2.45) is 5.73 Å². The van der Waals surface area contributed by atoms with Crippen molar-refractivity contribution in [2.75, 3.05) is 0 Å². The van der Waals surface area contributed by atoms with Gasteiger partial charge in [-0.1, -0.05) is 55.8 Å². The molecule has 42 heavy (non-hydrogen) atoms. The molecule has 222 valence electrons. The van der Waals surface area contributed by atoms with Gasteiger partial charge in [-0.25, -0.2) is 0 Å². The van der Waals surface area contributed by atoms with Gasteiger partial charge in [-0.15, -0.1) is 0 Å². The number of rotatable bonds is 9. The second kappa shape index (κ2) is 11.5. The van der Waals surface area contributed by atoms with Crippen LogP contribution in [0.15, 0.2) is 64.4 Å². The number of ketones is 1. The number of aryl methyl sites for hydroxylation is 2. The molecule has 0 aliphatic rings. The quantitative estimate of drug-likeness (QED) is 0.162. The molecule has 0 saturated carbocycles. The second-order valence-electron chi connectivity index (χ2n) is 10.3. The van der Waals surface area contributed by atoms with E-state index >= 15 is 0 Å². The fourth-order valence-electron chi connectivity index (χ4n) is 5.06. The molecule has 1 atom stereocenters. The summed E-state index contributed by atoms with van der Waals surface area (Å²) in [6.45, 7) is 5.67. The molecule has 0 aliphatic carbocycles. The zero-order valence-electron chi connectivity index (χ0n) is 23.1. The Hall–Kier alpha value is -3.81. The fourth-order valence-corrected chi connectivity index (χ4v) is 6.46. The first-order valence-corrected chi connectivity index (χ1v) is 15.9. The van der Waals surface area contributed by atoms with Crippen LogP contribution in [0.3, 0.4) is 0 Å². The monoisotopic (exact) mass is 613 g/mol. The molecule has 10 nitrogen and oxygen atoms in total. The van der Waals surface area contributed by atoms with Crippen LogP contribution in [0.25, 0.3) is 33.0 Å². The summed E-state index contributed by atoms with van der Waals surface area (Å²) >= 11 is 0. The van der Waals surface area contributed by atoms with Gasteiger partial charge < -0.3 is 15.9 Å². The Balaban J connectivity index is 1.78. The SMILES string of the molecule is CCCC(N)C(=O)Cc1ccc(-c2ccc(-c3ccc4c(S(=O)(=O)O)cc(S(=O)(=O)O)c(O)c4c3O)c(C)c2)cc1C. The van der Waals surface area contributed by atoms with E-state index in [-0.39, 0.29) is 23.2 Å². The third-order valence-corrected chi connectivity index (χ3v) is 9.06. The number of aromatic hydroxyl groups is 2. The summed E-state index contributed by atoms with van der Waals surface area (Å²) in [5, 5.41) is 20.9. The van der Waals surface area contributed by atoms with Gasteiger partial charge in [-0.2, -0.15) is 16.8 Å². The minimum absolute atomic E-state index is 0.0125. The molecule has 0 heterocycles. The number of carbonyl (C=O) groups excluding carboxylic acids is 1. The van der Waals surface area contributed by atoms with Crippen molar-refractivity contribution in [1.29, 1.82) is 0 Å². The molecule has 6 N–H and O–H groups in total. The van der Waals surface area contributed by atoms with Gasteiger partial charge in [0, 0.05) is 17.4 Å². The van der Waals surface area contributed by atoms with E-state index in [0.717, 1.165) is 28.7 Å². The lowest BCUT2D eigenvalue weighted by molar-refractivity contribution is -0.119. The van der Waals surface area contributed by atoms with E-state index in [9.17, 15) is 40.9 Å². The van der Waals surface area contributed by atoms with Gasteiger partial charge >= 0.3 is 0 Å². The molecular formula is C30H31NO9S2. The van der Waals surface area contributed by atoms with Crippen molar-refractivity contribution in [3.05, 3.63) is 71.3 Å². The molecule has 0 aliphatic heterocycles. The summed E-state index contributed by atoms with van der Waals surface area (Å²) in [6.07, 6.45) is 1.71. The predicted molar refractivity (Wildman–Crippen MR) is 159 cm³/mol. The number of phenols is 2. The molecule has 0 bridgehead atoms. The van der Waals surface area contributed by atoms with Crippen molar-refractivity contribution < 1.29 is 40.9 Å². The molecule has 4 aromatic rings. The molecule has 0 saturated heterocycles. The Morgan fingerprint density at radius 3 is 1.90 bits per heavy atom. The predicted octanol–water partition coefficient (Wildman–Crippen LogP) is 4.93. The number of fused-ring (bicyclic) bond motifs is 1. The topological polar surface area (TPSA) is 192 Å². The lowest BCUT2D eigenvalue weighted by Gasteiger charge is -2.16. The summed E-state index contributed by atoms with van der Waals surface area (Å²) in [5.74, 6) is -1.73. The molecule has 1 unspecified atom stereocenters. The summed E-state index contributed by atoms with van der Waals surface area (Å²) in [7, 11) is -10.1. The van der Waals surface area contributed by atoms with Crippen molar-refractivity contribution in [2.45, 2.75) is 55.9 Å². The third kappa shape index (κ3) is 6.03. The fraction of sp³-hybridized carbons (Fsp3) is 0.233. The van der Waals surface area contributed by atoms with Gasteiger partial charge in [0.1, 0.15) is 21.3 Å². The van der Waals surface area contributed by atoms with Crippen LogP contribution in [-0.4, -0.2) is 48.0 Å². The summed E-state index contributed by atoms with van der Waals surface area (Å²) < 4.78 is 66.8. The molecule has 0 spiro atoms. The highest BCUT2D eigenvalue weighted by Gasteiger charge is 2.28. The minimum Gasteiger partial charge on any atom is -0.507 e. The number of hydrogen-bond acceptors (Lipinski definition) is 8. The zero-order chi connectivity index (χ0) is 31.1. The highest BCUT2D eigenvalue weighted by Crippen LogP contribution is 2.46. The second-order valence-corrected chi connectivity index (χ2v) is 13.0. The Morgan fingerprint density at radius 1 is 0.786 bits per heavy atom. The van der Waals surface area contributed by atoms with Crippen molar-refractivity contribution in [3.8, 4) is 33.8 Å². The molecule has 4 rings (SSSR count). The van der Waals surface area contributed by atoms with Gasteiger partial charge in [-0.3, -0.25) is 13.9 Å². The standard InChI is InChI=1S/C30H31NO9S2/c1-4-5-24(31)25(32)14-18-6-7-19(12-16(18)2)20-8-9-21(17(3)13-20)22-10-11-23-26(41(35,36)37)15-27(42(38,39)40)30(34)28(23)29(22)33/h6-13,15,24,33-34H,4-5,14,31H2,1-3H3,(H,35,36,37)(H,38,39,40). The maximum atomic E-state index is 12.4. The van der Waals surface area contributed by atoms with E-state index in [1.54, 1.807) is 19.1 Å². The smallest absolute Gasteiger partial charge is 0.298 e. The Kier molecular flexibility index (Phi) is 8.50. The number of hydrogen-bond donors (Lipinski definition) is 5. The van der Waals surface area contributed by atoms with E-state index < -0.39 is 53.0 Å². The van der Waals surface area contributed by atoms with Gasteiger partial charge in [0.05, 0.1) is 11.4 Å². The first-order chi connectivity index (χ1) is 19.5. The normalized spacial score (nSPS) is 12.9. The lowest BCUT2D eigenvalue weighted by atomic mass is 9.91. The average Bonchev–Trinajstić information content (AvgIpc) is 2.89. The number of benzene rings is 4. The van der Waals surface area contributed by atoms with Gasteiger partial charge in [0.25, 0.3) is 20.2 Å².